The first kappa shape index (κ1) is 13.9. The van der Waals surface area contributed by atoms with Crippen molar-refractivity contribution in [1.29, 1.82) is 0 Å². The topological polar surface area (TPSA) is 44.4 Å². The Morgan fingerprint density at radius 2 is 2.15 bits per heavy atom. The monoisotopic (exact) mass is 337 g/mol. The molecule has 3 rings (SSSR count). The van der Waals surface area contributed by atoms with Gasteiger partial charge in [0, 0.05) is 28.3 Å². The van der Waals surface area contributed by atoms with Crippen LogP contribution in [0.3, 0.4) is 0 Å². The predicted octanol–water partition coefficient (Wildman–Crippen LogP) is 2.90. The number of hydrogen-bond donors (Lipinski definition) is 2. The second-order valence-electron chi connectivity index (χ2n) is 5.94. The fourth-order valence-electron chi connectivity index (χ4n) is 3.41. The van der Waals surface area contributed by atoms with E-state index >= 15 is 0 Å². The van der Waals surface area contributed by atoms with Gasteiger partial charge in [-0.25, -0.2) is 0 Å². The standard InChI is InChI=1S/C15H20BrN3O/c1-8-4-9(2)19(7-8)13-6-12-10(5-11(13)16)14(17-3)15(20)18-12/h5-6,8-9,14,17H,4,7H2,1-3H3,(H,18,20). The summed E-state index contributed by atoms with van der Waals surface area (Å²) in [6.07, 6.45) is 1.22. The van der Waals surface area contributed by atoms with E-state index in [0.717, 1.165) is 22.3 Å². The summed E-state index contributed by atoms with van der Waals surface area (Å²) in [4.78, 5) is 14.3. The van der Waals surface area contributed by atoms with Crippen molar-refractivity contribution >= 4 is 33.2 Å². The number of nitrogens with one attached hydrogen (secondary N) is 2. The molecule has 108 valence electrons. The second-order valence-corrected chi connectivity index (χ2v) is 6.80. The van der Waals surface area contributed by atoms with Gasteiger partial charge in [-0.1, -0.05) is 6.92 Å². The number of nitrogens with zero attached hydrogens (tertiary/aromatic N) is 1. The van der Waals surface area contributed by atoms with Crippen molar-refractivity contribution in [3.8, 4) is 0 Å². The molecule has 5 heteroatoms. The van der Waals surface area contributed by atoms with E-state index in [9.17, 15) is 4.79 Å². The highest BCUT2D eigenvalue weighted by Crippen LogP contribution is 2.41. The minimum Gasteiger partial charge on any atom is -0.368 e. The molecule has 20 heavy (non-hydrogen) atoms. The van der Waals surface area contributed by atoms with Gasteiger partial charge in [0.1, 0.15) is 6.04 Å². The summed E-state index contributed by atoms with van der Waals surface area (Å²) in [5, 5.41) is 6.02. The zero-order valence-electron chi connectivity index (χ0n) is 12.0. The van der Waals surface area contributed by atoms with Crippen LogP contribution in [-0.4, -0.2) is 25.5 Å². The first-order valence-electron chi connectivity index (χ1n) is 7.09. The maximum atomic E-state index is 11.9. The molecule has 0 saturated carbocycles. The van der Waals surface area contributed by atoms with E-state index in [1.807, 2.05) is 7.05 Å². The number of benzene rings is 1. The number of hydrogen-bond acceptors (Lipinski definition) is 3. The van der Waals surface area contributed by atoms with Crippen molar-refractivity contribution in [3.63, 3.8) is 0 Å². The van der Waals surface area contributed by atoms with Crippen LogP contribution in [0.25, 0.3) is 0 Å². The van der Waals surface area contributed by atoms with Crippen LogP contribution >= 0.6 is 15.9 Å². The summed E-state index contributed by atoms with van der Waals surface area (Å²) in [7, 11) is 1.81. The number of likely N-dealkylation sites (N-methyl/N-ethyl adjacent to an activating group) is 1. The Bertz CT molecular complexity index is 560. The zero-order chi connectivity index (χ0) is 14.4. The van der Waals surface area contributed by atoms with Gasteiger partial charge in [0.2, 0.25) is 5.91 Å². The molecule has 2 N–H and O–H groups in total. The lowest BCUT2D eigenvalue weighted by molar-refractivity contribution is -0.117. The van der Waals surface area contributed by atoms with Gasteiger partial charge in [-0.2, -0.15) is 0 Å². The summed E-state index contributed by atoms with van der Waals surface area (Å²) in [5.41, 5.74) is 3.13. The molecule has 4 nitrogen and oxygen atoms in total. The normalized spacial score (nSPS) is 28.7. The quantitative estimate of drug-likeness (QED) is 0.872. The summed E-state index contributed by atoms with van der Waals surface area (Å²) >= 11 is 3.68. The maximum absolute atomic E-state index is 11.9. The lowest BCUT2D eigenvalue weighted by atomic mass is 10.1. The number of anilines is 2. The fourth-order valence-corrected chi connectivity index (χ4v) is 4.00. The SMILES string of the molecule is CNC1C(=O)Nc2cc(N3CC(C)CC3C)c(Br)cc21. The van der Waals surface area contributed by atoms with Gasteiger partial charge in [-0.3, -0.25) is 4.79 Å². The van der Waals surface area contributed by atoms with E-state index in [4.69, 9.17) is 0 Å². The predicted molar refractivity (Wildman–Crippen MR) is 85.2 cm³/mol. The van der Waals surface area contributed by atoms with E-state index in [0.29, 0.717) is 12.0 Å². The van der Waals surface area contributed by atoms with Gasteiger partial charge in [0.05, 0.1) is 5.69 Å². The van der Waals surface area contributed by atoms with Crippen molar-refractivity contribution in [2.45, 2.75) is 32.4 Å². The Balaban J connectivity index is 2.00. The first-order chi connectivity index (χ1) is 9.51. The van der Waals surface area contributed by atoms with Gasteiger partial charge >= 0.3 is 0 Å². The second kappa shape index (κ2) is 5.04. The number of amides is 1. The first-order valence-corrected chi connectivity index (χ1v) is 7.88. The van der Waals surface area contributed by atoms with E-state index in [2.05, 4.69) is 57.4 Å². The van der Waals surface area contributed by atoms with Crippen molar-refractivity contribution in [1.82, 2.24) is 5.32 Å². The minimum atomic E-state index is -0.245. The molecular formula is C15H20BrN3O. The van der Waals surface area contributed by atoms with Crippen molar-refractivity contribution in [2.75, 3.05) is 23.8 Å². The van der Waals surface area contributed by atoms with Crippen molar-refractivity contribution in [2.24, 2.45) is 5.92 Å². The van der Waals surface area contributed by atoms with Gasteiger partial charge in [0.15, 0.2) is 0 Å². The average Bonchev–Trinajstić information content (AvgIpc) is 2.87. The molecule has 1 fully saturated rings. The number of carbonyl (C=O) groups is 1. The third kappa shape index (κ3) is 2.13. The van der Waals surface area contributed by atoms with Crippen LogP contribution in [0.4, 0.5) is 11.4 Å². The Hall–Kier alpha value is -1.07. The van der Waals surface area contributed by atoms with Gasteiger partial charge in [-0.15, -0.1) is 0 Å². The molecule has 0 radical (unpaired) electrons. The number of fused-ring (bicyclic) bond motifs is 1. The summed E-state index contributed by atoms with van der Waals surface area (Å²) in [5.74, 6) is 0.735. The Labute approximate surface area is 128 Å². The third-order valence-corrected chi connectivity index (χ3v) is 4.97. The van der Waals surface area contributed by atoms with Crippen LogP contribution in [0, 0.1) is 5.92 Å². The summed E-state index contributed by atoms with van der Waals surface area (Å²) in [6, 6.07) is 4.46. The van der Waals surface area contributed by atoms with Gasteiger partial charge in [0.25, 0.3) is 0 Å². The van der Waals surface area contributed by atoms with Crippen LogP contribution in [0.5, 0.6) is 0 Å². The van der Waals surface area contributed by atoms with E-state index in [-0.39, 0.29) is 11.9 Å². The van der Waals surface area contributed by atoms with Crippen molar-refractivity contribution < 1.29 is 4.79 Å². The number of carbonyl (C=O) groups excluding carboxylic acids is 1. The molecule has 1 amide bonds. The molecule has 2 heterocycles. The molecule has 1 aromatic rings. The van der Waals surface area contributed by atoms with Crippen LogP contribution in [-0.2, 0) is 4.79 Å². The third-order valence-electron chi connectivity index (χ3n) is 4.33. The minimum absolute atomic E-state index is 0.0226. The Morgan fingerprint density at radius 1 is 1.40 bits per heavy atom. The van der Waals surface area contributed by atoms with Crippen LogP contribution in [0.1, 0.15) is 31.9 Å². The highest BCUT2D eigenvalue weighted by molar-refractivity contribution is 9.10. The molecule has 1 aromatic carbocycles. The zero-order valence-corrected chi connectivity index (χ0v) is 13.6. The molecule has 1 saturated heterocycles. The maximum Gasteiger partial charge on any atom is 0.246 e. The number of halogens is 1. The molecule has 0 aliphatic carbocycles. The lowest BCUT2D eigenvalue weighted by Crippen LogP contribution is -2.27. The molecule has 2 aliphatic rings. The van der Waals surface area contributed by atoms with E-state index < -0.39 is 0 Å². The van der Waals surface area contributed by atoms with Crippen LogP contribution in [0.2, 0.25) is 0 Å². The Kier molecular flexibility index (Phi) is 3.50. The molecule has 3 unspecified atom stereocenters. The van der Waals surface area contributed by atoms with Gasteiger partial charge < -0.3 is 15.5 Å². The highest BCUT2D eigenvalue weighted by Gasteiger charge is 2.33. The largest absolute Gasteiger partial charge is 0.368 e. The van der Waals surface area contributed by atoms with Crippen molar-refractivity contribution in [3.05, 3.63) is 22.2 Å². The average molecular weight is 338 g/mol. The number of rotatable bonds is 2. The molecule has 0 bridgehead atoms. The smallest absolute Gasteiger partial charge is 0.246 e. The van der Waals surface area contributed by atoms with E-state index in [1.165, 1.54) is 12.1 Å². The summed E-state index contributed by atoms with van der Waals surface area (Å²) in [6.45, 7) is 5.62. The molecule has 0 spiro atoms. The van der Waals surface area contributed by atoms with E-state index in [1.54, 1.807) is 0 Å². The molecule has 3 atom stereocenters. The molecule has 2 aliphatic heterocycles. The lowest BCUT2D eigenvalue weighted by Gasteiger charge is -2.26. The molecule has 0 aromatic heterocycles. The van der Waals surface area contributed by atoms with Crippen LogP contribution in [0.15, 0.2) is 16.6 Å². The Morgan fingerprint density at radius 3 is 2.75 bits per heavy atom. The highest BCUT2D eigenvalue weighted by atomic mass is 79.9. The fraction of sp³-hybridized carbons (Fsp3) is 0.533. The van der Waals surface area contributed by atoms with Gasteiger partial charge in [-0.05, 0) is 54.4 Å². The van der Waals surface area contributed by atoms with Crippen LogP contribution < -0.4 is 15.5 Å². The molecular weight excluding hydrogens is 318 g/mol. The summed E-state index contributed by atoms with van der Waals surface area (Å²) < 4.78 is 1.06.